The van der Waals surface area contributed by atoms with Gasteiger partial charge in [-0.25, -0.2) is 0 Å². The summed E-state index contributed by atoms with van der Waals surface area (Å²) in [4.78, 5) is 26.7. The highest BCUT2D eigenvalue weighted by molar-refractivity contribution is 6.33. The van der Waals surface area contributed by atoms with E-state index in [1.165, 1.54) is 12.1 Å². The molecule has 12 heteroatoms. The number of fused-ring (bicyclic) bond motifs is 2. The van der Waals surface area contributed by atoms with Gasteiger partial charge in [-0.05, 0) is 24.3 Å². The fraction of sp³-hybridized carbons (Fsp3) is 0.364. The topological polar surface area (TPSA) is 163 Å². The first kappa shape index (κ1) is 29.4. The molecule has 1 aliphatic rings. The van der Waals surface area contributed by atoms with Crippen molar-refractivity contribution < 1.29 is 54.8 Å². The summed E-state index contributed by atoms with van der Waals surface area (Å²) in [5.41, 5.74) is 0.678. The fourth-order valence-electron chi connectivity index (χ4n) is 3.64. The molecule has 2 aromatic carbocycles. The molecule has 0 spiro atoms. The third kappa shape index (κ3) is 6.29. The molecule has 1 aliphatic carbocycles. The molecule has 0 unspecified atom stereocenters. The van der Waals surface area contributed by atoms with Crippen molar-refractivity contribution in [1.29, 1.82) is 0 Å². The van der Waals surface area contributed by atoms with Gasteiger partial charge in [-0.3, -0.25) is 9.59 Å². The van der Waals surface area contributed by atoms with E-state index in [9.17, 15) is 19.8 Å². The van der Waals surface area contributed by atoms with Crippen molar-refractivity contribution in [1.82, 2.24) is 10.6 Å². The fourth-order valence-corrected chi connectivity index (χ4v) is 3.64. The standard InChI is InChI=1S/C22H28N4O6.2ClH/c27-11-9-23-5-7-25-13-1-2-14(26-8-6-24-10-12-28)18-17(13)21(31)19-15(29)3-4-16(30)20(19)22(18)32;;/h1-4,23-30H,5-12H2;2*1H/p-2. The number of ketones is 2. The third-order valence-electron chi connectivity index (χ3n) is 5.09. The lowest BCUT2D eigenvalue weighted by Gasteiger charge is -2.25. The number of hydrogen-bond acceptors (Lipinski definition) is 10. The highest BCUT2D eigenvalue weighted by Crippen LogP contribution is 2.42. The van der Waals surface area contributed by atoms with Crippen LogP contribution >= 0.6 is 0 Å². The Bertz CT molecular complexity index is 928. The average Bonchev–Trinajstić information content (AvgIpc) is 2.78. The zero-order chi connectivity index (χ0) is 23.1. The van der Waals surface area contributed by atoms with Crippen molar-refractivity contribution in [3.63, 3.8) is 0 Å². The van der Waals surface area contributed by atoms with Gasteiger partial charge in [0.2, 0.25) is 11.6 Å². The predicted octanol–water partition coefficient (Wildman–Crippen LogP) is -6.13. The van der Waals surface area contributed by atoms with Crippen LogP contribution < -0.4 is 46.1 Å². The van der Waals surface area contributed by atoms with Gasteiger partial charge in [0.25, 0.3) is 0 Å². The van der Waals surface area contributed by atoms with E-state index in [2.05, 4.69) is 21.3 Å². The molecular formula is C22H28Cl2N4O6-2. The number of aromatic hydroxyl groups is 2. The average molecular weight is 515 g/mol. The van der Waals surface area contributed by atoms with E-state index in [1.807, 2.05) is 0 Å². The second-order valence-corrected chi connectivity index (χ2v) is 7.22. The monoisotopic (exact) mass is 514 g/mol. The minimum Gasteiger partial charge on any atom is -1.00 e. The van der Waals surface area contributed by atoms with Crippen LogP contribution in [-0.2, 0) is 0 Å². The Balaban J connectivity index is 0.00000289. The van der Waals surface area contributed by atoms with Crippen molar-refractivity contribution in [3.8, 4) is 11.5 Å². The van der Waals surface area contributed by atoms with Gasteiger partial charge in [0, 0.05) is 50.6 Å². The summed E-state index contributed by atoms with van der Waals surface area (Å²) in [5.74, 6) is -1.86. The lowest BCUT2D eigenvalue weighted by atomic mass is 9.81. The second-order valence-electron chi connectivity index (χ2n) is 7.22. The quantitative estimate of drug-likeness (QED) is 0.0861. The van der Waals surface area contributed by atoms with Crippen molar-refractivity contribution in [2.45, 2.75) is 0 Å². The molecule has 0 atom stereocenters. The molecule has 2 aromatic rings. The minimum absolute atomic E-state index is 0. The maximum absolute atomic E-state index is 13.4. The van der Waals surface area contributed by atoms with Crippen LogP contribution in [0.4, 0.5) is 11.4 Å². The van der Waals surface area contributed by atoms with Gasteiger partial charge in [0.05, 0.1) is 35.5 Å². The summed E-state index contributed by atoms with van der Waals surface area (Å²) in [6, 6.07) is 5.74. The molecule has 0 heterocycles. The number of halogens is 2. The number of benzene rings is 2. The number of aliphatic hydroxyl groups is 2. The molecule has 0 radical (unpaired) electrons. The van der Waals surface area contributed by atoms with Crippen LogP contribution in [0.2, 0.25) is 0 Å². The molecule has 10 nitrogen and oxygen atoms in total. The van der Waals surface area contributed by atoms with Gasteiger partial charge >= 0.3 is 0 Å². The first-order valence-electron chi connectivity index (χ1n) is 10.4. The van der Waals surface area contributed by atoms with Crippen LogP contribution in [0.1, 0.15) is 31.8 Å². The van der Waals surface area contributed by atoms with Crippen LogP contribution in [0.15, 0.2) is 24.3 Å². The first-order chi connectivity index (χ1) is 15.5. The summed E-state index contributed by atoms with van der Waals surface area (Å²) < 4.78 is 0. The van der Waals surface area contributed by atoms with Gasteiger partial charge in [0.1, 0.15) is 11.5 Å². The summed E-state index contributed by atoms with van der Waals surface area (Å²) in [6.07, 6.45) is 0. The molecule has 0 aliphatic heterocycles. The number of aliphatic hydroxyl groups excluding tert-OH is 2. The predicted molar refractivity (Wildman–Crippen MR) is 120 cm³/mol. The third-order valence-corrected chi connectivity index (χ3v) is 5.09. The minimum atomic E-state index is -0.559. The number of phenols is 2. The Morgan fingerprint density at radius 1 is 0.559 bits per heavy atom. The van der Waals surface area contributed by atoms with Crippen molar-refractivity contribution in [3.05, 3.63) is 46.5 Å². The van der Waals surface area contributed by atoms with Gasteiger partial charge in [-0.2, -0.15) is 0 Å². The van der Waals surface area contributed by atoms with Gasteiger partial charge in [-0.15, -0.1) is 0 Å². The van der Waals surface area contributed by atoms with Crippen LogP contribution in [0, 0.1) is 0 Å². The zero-order valence-electron chi connectivity index (χ0n) is 18.3. The van der Waals surface area contributed by atoms with E-state index in [1.54, 1.807) is 12.1 Å². The summed E-state index contributed by atoms with van der Waals surface area (Å²) in [7, 11) is 0. The van der Waals surface area contributed by atoms with Crippen LogP contribution in [0.25, 0.3) is 0 Å². The molecule has 0 saturated carbocycles. The second kappa shape index (κ2) is 14.0. The Hall–Kier alpha value is -2.60. The van der Waals surface area contributed by atoms with Crippen molar-refractivity contribution in [2.75, 3.05) is 63.1 Å². The van der Waals surface area contributed by atoms with Crippen molar-refractivity contribution >= 4 is 22.9 Å². The molecule has 8 N–H and O–H groups in total. The summed E-state index contributed by atoms with van der Waals surface area (Å²) in [6.45, 7) is 2.81. The summed E-state index contributed by atoms with van der Waals surface area (Å²) >= 11 is 0. The molecule has 0 aromatic heterocycles. The Labute approximate surface area is 209 Å². The number of nitrogens with one attached hydrogen (secondary N) is 4. The largest absolute Gasteiger partial charge is 1.00 e. The van der Waals surface area contributed by atoms with Gasteiger partial charge in [0.15, 0.2) is 0 Å². The SMILES string of the molecule is O=C1c2c(O)ccc(O)c2C(=O)c2c(NCCNCCO)ccc(NCCNCCO)c21.[Cl-].[Cl-]. The number of carbonyl (C=O) groups is 2. The molecule has 34 heavy (non-hydrogen) atoms. The number of phenolic OH excluding ortho intramolecular Hbond substituents is 2. The molecule has 0 fully saturated rings. The Morgan fingerprint density at radius 2 is 0.941 bits per heavy atom. The van der Waals surface area contributed by atoms with E-state index in [4.69, 9.17) is 10.2 Å². The molecule has 3 rings (SSSR count). The van der Waals surface area contributed by atoms with Crippen LogP contribution in [0.3, 0.4) is 0 Å². The molecule has 0 bridgehead atoms. The zero-order valence-corrected chi connectivity index (χ0v) is 19.8. The van der Waals surface area contributed by atoms with E-state index in [0.717, 1.165) is 0 Å². The first-order valence-corrected chi connectivity index (χ1v) is 10.4. The molecule has 0 saturated heterocycles. The maximum Gasteiger partial charge on any atom is 0.200 e. The highest BCUT2D eigenvalue weighted by atomic mass is 35.5. The van der Waals surface area contributed by atoms with E-state index >= 15 is 0 Å². The number of hydrogen-bond donors (Lipinski definition) is 8. The molecule has 0 amide bonds. The number of carbonyl (C=O) groups excluding carboxylic acids is 2. The van der Waals surface area contributed by atoms with E-state index in [-0.39, 0.29) is 71.8 Å². The van der Waals surface area contributed by atoms with Crippen molar-refractivity contribution in [2.24, 2.45) is 0 Å². The maximum atomic E-state index is 13.4. The number of anilines is 2. The molecule has 188 valence electrons. The van der Waals surface area contributed by atoms with E-state index in [0.29, 0.717) is 50.6 Å². The lowest BCUT2D eigenvalue weighted by molar-refractivity contribution is -0.001000. The normalized spacial score (nSPS) is 11.7. The number of rotatable bonds is 12. The molecular weight excluding hydrogens is 487 g/mol. The van der Waals surface area contributed by atoms with Gasteiger partial charge < -0.3 is 66.5 Å². The van der Waals surface area contributed by atoms with Crippen LogP contribution in [-0.4, -0.2) is 84.5 Å². The highest BCUT2D eigenvalue weighted by Gasteiger charge is 2.37. The lowest BCUT2D eigenvalue weighted by Crippen LogP contribution is -3.00. The Morgan fingerprint density at radius 3 is 1.29 bits per heavy atom. The Kier molecular flexibility index (Phi) is 12.1. The van der Waals surface area contributed by atoms with Gasteiger partial charge in [-0.1, -0.05) is 0 Å². The smallest absolute Gasteiger partial charge is 0.200 e. The van der Waals surface area contributed by atoms with E-state index < -0.39 is 11.6 Å². The summed E-state index contributed by atoms with van der Waals surface area (Å²) in [5, 5.41) is 50.6. The van der Waals surface area contributed by atoms with Crippen LogP contribution in [0.5, 0.6) is 11.5 Å².